The van der Waals surface area contributed by atoms with Crippen molar-refractivity contribution in [2.75, 3.05) is 0 Å². The van der Waals surface area contributed by atoms with Gasteiger partial charge in [-0.05, 0) is 54.3 Å². The van der Waals surface area contributed by atoms with Crippen molar-refractivity contribution < 1.29 is 0 Å². The quantitative estimate of drug-likeness (QED) is 0.287. The Hall–Kier alpha value is -2.34. The summed E-state index contributed by atoms with van der Waals surface area (Å²) in [6.45, 7) is 14.0. The Morgan fingerprint density at radius 1 is 0.500 bits per heavy atom. The predicted octanol–water partition coefficient (Wildman–Crippen LogP) is 7.74. The minimum atomic E-state index is 0.0854. The lowest BCUT2D eigenvalue weighted by Gasteiger charge is -2.32. The zero-order valence-corrected chi connectivity index (χ0v) is 16.8. The van der Waals surface area contributed by atoms with Crippen molar-refractivity contribution in [3.8, 4) is 0 Å². The SMILES string of the molecule is CC(C)(C)c1ccc2ccc3c4ccccc4ccc3c2c1C(C)(C)C. The molecule has 0 heterocycles. The molecule has 0 unspecified atom stereocenters. The second-order valence-corrected chi connectivity index (χ2v) is 9.53. The average molecular weight is 341 g/mol. The minimum absolute atomic E-state index is 0.0854. The van der Waals surface area contributed by atoms with Crippen LogP contribution >= 0.6 is 0 Å². The molecule has 0 saturated heterocycles. The van der Waals surface area contributed by atoms with Gasteiger partial charge in [-0.3, -0.25) is 0 Å². The van der Waals surface area contributed by atoms with Crippen molar-refractivity contribution in [1.82, 2.24) is 0 Å². The van der Waals surface area contributed by atoms with Crippen LogP contribution in [0.2, 0.25) is 0 Å². The molecule has 0 heteroatoms. The fourth-order valence-electron chi connectivity index (χ4n) is 4.32. The molecule has 26 heavy (non-hydrogen) atoms. The lowest BCUT2D eigenvalue weighted by atomic mass is 9.72. The van der Waals surface area contributed by atoms with Crippen LogP contribution in [0.3, 0.4) is 0 Å². The zero-order valence-electron chi connectivity index (χ0n) is 16.8. The Morgan fingerprint density at radius 2 is 1.12 bits per heavy atom. The van der Waals surface area contributed by atoms with Gasteiger partial charge in [0.15, 0.2) is 0 Å². The lowest BCUT2D eigenvalue weighted by Crippen LogP contribution is -2.22. The van der Waals surface area contributed by atoms with Crippen LogP contribution in [0.4, 0.5) is 0 Å². The van der Waals surface area contributed by atoms with Gasteiger partial charge in [0.25, 0.3) is 0 Å². The van der Waals surface area contributed by atoms with Crippen LogP contribution in [-0.4, -0.2) is 0 Å². The highest BCUT2D eigenvalue weighted by Crippen LogP contribution is 2.42. The number of hydrogen-bond acceptors (Lipinski definition) is 0. The molecule has 0 N–H and O–H groups in total. The second kappa shape index (κ2) is 5.58. The molecule has 0 aliphatic heterocycles. The lowest BCUT2D eigenvalue weighted by molar-refractivity contribution is 0.535. The molecule has 0 aromatic heterocycles. The second-order valence-electron chi connectivity index (χ2n) is 9.53. The Labute approximate surface area is 156 Å². The van der Waals surface area contributed by atoms with Crippen molar-refractivity contribution in [2.24, 2.45) is 0 Å². The molecule has 0 saturated carbocycles. The molecule has 4 aromatic carbocycles. The molecule has 0 fully saturated rings. The standard InChI is InChI=1S/C26H28/c1-25(2,3)22-16-13-18-12-14-20-19-10-8-7-9-17(19)11-15-21(20)23(18)24(22)26(4,5)6/h7-16H,1-6H3. The van der Waals surface area contributed by atoms with Crippen LogP contribution in [-0.2, 0) is 10.8 Å². The highest BCUT2D eigenvalue weighted by molar-refractivity contribution is 6.18. The number of rotatable bonds is 0. The van der Waals surface area contributed by atoms with Crippen molar-refractivity contribution in [2.45, 2.75) is 52.4 Å². The van der Waals surface area contributed by atoms with Gasteiger partial charge >= 0.3 is 0 Å². The summed E-state index contributed by atoms with van der Waals surface area (Å²) >= 11 is 0. The molecule has 0 nitrogen and oxygen atoms in total. The van der Waals surface area contributed by atoms with Crippen LogP contribution in [0, 0.1) is 0 Å². The van der Waals surface area contributed by atoms with E-state index < -0.39 is 0 Å². The van der Waals surface area contributed by atoms with Gasteiger partial charge < -0.3 is 0 Å². The van der Waals surface area contributed by atoms with Gasteiger partial charge in [0.05, 0.1) is 0 Å². The van der Waals surface area contributed by atoms with Gasteiger partial charge in [-0.2, -0.15) is 0 Å². The molecule has 4 aromatic rings. The minimum Gasteiger partial charge on any atom is -0.0616 e. The summed E-state index contributed by atoms with van der Waals surface area (Å²) in [6.07, 6.45) is 0. The molecule has 0 aliphatic rings. The first kappa shape index (κ1) is 17.1. The third-order valence-corrected chi connectivity index (χ3v) is 5.47. The van der Waals surface area contributed by atoms with Crippen LogP contribution < -0.4 is 0 Å². The topological polar surface area (TPSA) is 0 Å². The maximum Gasteiger partial charge on any atom is -0.00648 e. The van der Waals surface area contributed by atoms with Crippen molar-refractivity contribution >= 4 is 32.3 Å². The van der Waals surface area contributed by atoms with Crippen molar-refractivity contribution in [3.63, 3.8) is 0 Å². The highest BCUT2D eigenvalue weighted by atomic mass is 14.3. The van der Waals surface area contributed by atoms with E-state index in [1.54, 1.807) is 0 Å². The molecule has 0 radical (unpaired) electrons. The fourth-order valence-corrected chi connectivity index (χ4v) is 4.32. The van der Waals surface area contributed by atoms with Crippen LogP contribution in [0.25, 0.3) is 32.3 Å². The van der Waals surface area contributed by atoms with Crippen LogP contribution in [0.15, 0.2) is 60.7 Å². The molecule has 0 aliphatic carbocycles. The summed E-state index contributed by atoms with van der Waals surface area (Å²) in [7, 11) is 0. The average Bonchev–Trinajstić information content (AvgIpc) is 2.58. The van der Waals surface area contributed by atoms with Gasteiger partial charge in [-0.1, -0.05) is 102 Å². The fraction of sp³-hybridized carbons (Fsp3) is 0.308. The van der Waals surface area contributed by atoms with E-state index in [1.807, 2.05) is 0 Å². The summed E-state index contributed by atoms with van der Waals surface area (Å²) in [5.74, 6) is 0. The molecule has 4 rings (SSSR count). The summed E-state index contributed by atoms with van der Waals surface area (Å²) in [5.41, 5.74) is 3.15. The van der Waals surface area contributed by atoms with Crippen LogP contribution in [0.5, 0.6) is 0 Å². The number of benzene rings is 4. The normalized spacial score (nSPS) is 13.0. The van der Waals surface area contributed by atoms with Gasteiger partial charge in [-0.25, -0.2) is 0 Å². The van der Waals surface area contributed by atoms with E-state index in [9.17, 15) is 0 Å². The van der Waals surface area contributed by atoms with Crippen molar-refractivity contribution in [1.29, 1.82) is 0 Å². The maximum absolute atomic E-state index is 2.34. The molecular formula is C26H28. The van der Waals surface area contributed by atoms with E-state index in [1.165, 1.54) is 43.4 Å². The van der Waals surface area contributed by atoms with Crippen LogP contribution in [0.1, 0.15) is 52.7 Å². The van der Waals surface area contributed by atoms with E-state index >= 15 is 0 Å². The first-order chi connectivity index (χ1) is 12.2. The third-order valence-electron chi connectivity index (χ3n) is 5.47. The van der Waals surface area contributed by atoms with E-state index in [-0.39, 0.29) is 10.8 Å². The molecule has 0 bridgehead atoms. The summed E-state index contributed by atoms with van der Waals surface area (Å²) in [6, 6.07) is 22.5. The van der Waals surface area contributed by atoms with Gasteiger partial charge in [-0.15, -0.1) is 0 Å². The summed E-state index contributed by atoms with van der Waals surface area (Å²) < 4.78 is 0. The van der Waals surface area contributed by atoms with Crippen molar-refractivity contribution in [3.05, 3.63) is 71.8 Å². The summed E-state index contributed by atoms with van der Waals surface area (Å²) in [4.78, 5) is 0. The van der Waals surface area contributed by atoms with Gasteiger partial charge in [0.2, 0.25) is 0 Å². The highest BCUT2D eigenvalue weighted by Gasteiger charge is 2.27. The maximum atomic E-state index is 2.34. The molecule has 0 atom stereocenters. The Balaban J connectivity index is 2.27. The third kappa shape index (κ3) is 2.60. The van der Waals surface area contributed by atoms with E-state index in [0.29, 0.717) is 0 Å². The van der Waals surface area contributed by atoms with Gasteiger partial charge in [0, 0.05) is 0 Å². The first-order valence-electron chi connectivity index (χ1n) is 9.56. The first-order valence-corrected chi connectivity index (χ1v) is 9.56. The van der Waals surface area contributed by atoms with E-state index in [2.05, 4.69) is 102 Å². The Kier molecular flexibility index (Phi) is 3.67. The summed E-state index contributed by atoms with van der Waals surface area (Å²) in [5, 5.41) is 8.14. The van der Waals surface area contributed by atoms with Gasteiger partial charge in [0.1, 0.15) is 0 Å². The smallest absolute Gasteiger partial charge is 0.00648 e. The number of fused-ring (bicyclic) bond motifs is 5. The molecule has 0 spiro atoms. The van der Waals surface area contributed by atoms with E-state index in [0.717, 1.165) is 0 Å². The molecular weight excluding hydrogens is 312 g/mol. The largest absolute Gasteiger partial charge is 0.0616 e. The Morgan fingerprint density at radius 3 is 1.81 bits per heavy atom. The molecule has 132 valence electrons. The molecule has 0 amide bonds. The predicted molar refractivity (Wildman–Crippen MR) is 116 cm³/mol. The Bertz CT molecular complexity index is 1130. The number of hydrogen-bond donors (Lipinski definition) is 0. The zero-order chi connectivity index (χ0) is 18.7. The monoisotopic (exact) mass is 340 g/mol. The van der Waals surface area contributed by atoms with E-state index in [4.69, 9.17) is 0 Å².